The topological polar surface area (TPSA) is 59.0 Å². The van der Waals surface area contributed by atoms with Crippen LogP contribution in [-0.4, -0.2) is 33.8 Å². The zero-order chi connectivity index (χ0) is 16.7. The largest absolute Gasteiger partial charge is 0.348 e. The van der Waals surface area contributed by atoms with Gasteiger partial charge in [-0.2, -0.15) is 5.10 Å². The molecule has 4 rings (SSSR count). The summed E-state index contributed by atoms with van der Waals surface area (Å²) in [5.41, 5.74) is 1.06. The van der Waals surface area contributed by atoms with E-state index in [1.165, 1.54) is 25.0 Å². The molecule has 0 radical (unpaired) electrons. The van der Waals surface area contributed by atoms with Gasteiger partial charge >= 0.3 is 0 Å². The minimum absolute atomic E-state index is 0. The van der Waals surface area contributed by atoms with Crippen LogP contribution in [-0.2, 0) is 0 Å². The highest BCUT2D eigenvalue weighted by Crippen LogP contribution is 2.27. The Kier molecular flexibility index (Phi) is 5.46. The van der Waals surface area contributed by atoms with Gasteiger partial charge in [0.15, 0.2) is 5.69 Å². The van der Waals surface area contributed by atoms with Crippen molar-refractivity contribution >= 4 is 34.2 Å². The monoisotopic (exact) mass is 428 g/mol. The highest BCUT2D eigenvalue weighted by Gasteiger charge is 2.34. The Balaban J connectivity index is 0.00000182. The Labute approximate surface area is 159 Å². The van der Waals surface area contributed by atoms with Crippen molar-refractivity contribution < 1.29 is 9.18 Å². The summed E-state index contributed by atoms with van der Waals surface area (Å²) in [6.07, 6.45) is 6.05. The van der Waals surface area contributed by atoms with E-state index in [4.69, 9.17) is 0 Å². The van der Waals surface area contributed by atoms with E-state index in [0.29, 0.717) is 27.9 Å². The number of hydrogen-bond donors (Lipinski definition) is 2. The van der Waals surface area contributed by atoms with Crippen LogP contribution in [0.2, 0.25) is 0 Å². The lowest BCUT2D eigenvalue weighted by molar-refractivity contribution is 0.0917. The van der Waals surface area contributed by atoms with E-state index in [1.807, 2.05) is 0 Å². The molecule has 5 nitrogen and oxygen atoms in total. The van der Waals surface area contributed by atoms with Gasteiger partial charge in [-0.3, -0.25) is 4.79 Å². The molecule has 2 N–H and O–H groups in total. The van der Waals surface area contributed by atoms with Crippen molar-refractivity contribution in [3.63, 3.8) is 0 Å². The summed E-state index contributed by atoms with van der Waals surface area (Å²) >= 11 is 3.40. The Hall–Kier alpha value is -1.44. The average molecular weight is 430 g/mol. The molecule has 2 bridgehead atoms. The van der Waals surface area contributed by atoms with Crippen molar-refractivity contribution in [3.05, 3.63) is 46.4 Å². The molecule has 25 heavy (non-hydrogen) atoms. The number of halogens is 3. The van der Waals surface area contributed by atoms with Gasteiger partial charge in [0.05, 0.1) is 10.2 Å². The normalized spacial score (nSPS) is 24.6. The van der Waals surface area contributed by atoms with Crippen LogP contribution < -0.4 is 10.6 Å². The molecule has 2 aliphatic rings. The highest BCUT2D eigenvalue weighted by molar-refractivity contribution is 9.10. The minimum atomic E-state index is -0.302. The number of nitrogens with zero attached hydrogens (tertiary/aromatic N) is 2. The number of rotatable bonds is 3. The molecule has 8 heteroatoms. The molecular weight excluding hydrogens is 411 g/mol. The van der Waals surface area contributed by atoms with E-state index in [1.54, 1.807) is 23.0 Å². The van der Waals surface area contributed by atoms with E-state index in [-0.39, 0.29) is 30.2 Å². The number of carbonyl (C=O) groups is 1. The summed E-state index contributed by atoms with van der Waals surface area (Å²) in [5.74, 6) is -0.475. The molecule has 2 saturated heterocycles. The molecule has 1 amide bonds. The van der Waals surface area contributed by atoms with Crippen molar-refractivity contribution in [3.8, 4) is 5.69 Å². The molecule has 2 fully saturated rings. The molecule has 2 unspecified atom stereocenters. The maximum Gasteiger partial charge on any atom is 0.273 e. The van der Waals surface area contributed by atoms with Gasteiger partial charge in [0.2, 0.25) is 0 Å². The number of aromatic nitrogens is 2. The van der Waals surface area contributed by atoms with Crippen LogP contribution in [0.25, 0.3) is 5.69 Å². The standard InChI is InChI=1S/C17H18BrFN4O.ClH/c18-15-9-23(14-5-1-10(19)2-6-14)22-16(15)17(24)21-13-7-11-3-4-12(8-13)20-11;/h1-2,5-6,9,11-13,20H,3-4,7-8H2,(H,21,24);1H. The molecule has 3 heterocycles. The predicted octanol–water partition coefficient (Wildman–Crippen LogP) is 3.21. The first-order valence-electron chi connectivity index (χ1n) is 8.16. The lowest BCUT2D eigenvalue weighted by Gasteiger charge is -2.29. The molecular formula is C17H19BrClFN4O. The first-order chi connectivity index (χ1) is 11.6. The Morgan fingerprint density at radius 1 is 1.24 bits per heavy atom. The van der Waals surface area contributed by atoms with Crippen molar-refractivity contribution in [1.29, 1.82) is 0 Å². The Bertz CT molecular complexity index is 755. The average Bonchev–Trinajstić information content (AvgIpc) is 3.10. The van der Waals surface area contributed by atoms with E-state index in [0.717, 1.165) is 12.8 Å². The maximum atomic E-state index is 13.0. The van der Waals surface area contributed by atoms with Gasteiger partial charge in [-0.15, -0.1) is 12.4 Å². The number of amides is 1. The van der Waals surface area contributed by atoms with Crippen LogP contribution in [0.15, 0.2) is 34.9 Å². The van der Waals surface area contributed by atoms with Gasteiger partial charge in [0.25, 0.3) is 5.91 Å². The van der Waals surface area contributed by atoms with E-state index in [2.05, 4.69) is 31.7 Å². The van der Waals surface area contributed by atoms with Gasteiger partial charge in [0, 0.05) is 24.3 Å². The summed E-state index contributed by atoms with van der Waals surface area (Å²) in [6, 6.07) is 7.23. The van der Waals surface area contributed by atoms with Gasteiger partial charge in [-0.1, -0.05) is 0 Å². The zero-order valence-corrected chi connectivity index (χ0v) is 15.8. The number of fused-ring (bicyclic) bond motifs is 2. The minimum Gasteiger partial charge on any atom is -0.348 e. The van der Waals surface area contributed by atoms with E-state index in [9.17, 15) is 9.18 Å². The quantitative estimate of drug-likeness (QED) is 0.788. The molecule has 1 aromatic heterocycles. The second-order valence-corrected chi connectivity index (χ2v) is 7.38. The molecule has 2 aromatic rings. The SMILES string of the molecule is Cl.O=C(NC1CC2CCC(C1)N2)c1nn(-c2ccc(F)cc2)cc1Br. The first-order valence-corrected chi connectivity index (χ1v) is 8.96. The van der Waals surface area contributed by atoms with Crippen LogP contribution in [0.1, 0.15) is 36.2 Å². The van der Waals surface area contributed by atoms with Crippen LogP contribution >= 0.6 is 28.3 Å². The third kappa shape index (κ3) is 3.88. The van der Waals surface area contributed by atoms with Gasteiger partial charge < -0.3 is 10.6 Å². The number of carbonyl (C=O) groups excluding carboxylic acids is 1. The van der Waals surface area contributed by atoms with Gasteiger partial charge in [0.1, 0.15) is 5.82 Å². The fourth-order valence-electron chi connectivity index (χ4n) is 3.66. The van der Waals surface area contributed by atoms with Crippen molar-refractivity contribution in [2.45, 2.75) is 43.8 Å². The third-order valence-corrected chi connectivity index (χ3v) is 5.36. The van der Waals surface area contributed by atoms with Crippen LogP contribution in [0, 0.1) is 5.82 Å². The molecule has 2 atom stereocenters. The van der Waals surface area contributed by atoms with Gasteiger partial charge in [-0.05, 0) is 65.9 Å². The fourth-order valence-corrected chi connectivity index (χ4v) is 4.12. The molecule has 134 valence electrons. The second-order valence-electron chi connectivity index (χ2n) is 6.53. The van der Waals surface area contributed by atoms with Crippen LogP contribution in [0.4, 0.5) is 4.39 Å². The summed E-state index contributed by atoms with van der Waals surface area (Å²) in [4.78, 5) is 12.6. The zero-order valence-electron chi connectivity index (χ0n) is 13.4. The van der Waals surface area contributed by atoms with Crippen LogP contribution in [0.5, 0.6) is 0 Å². The summed E-state index contributed by atoms with van der Waals surface area (Å²) in [5, 5.41) is 11.0. The molecule has 2 aliphatic heterocycles. The molecule has 0 aliphatic carbocycles. The number of benzene rings is 1. The highest BCUT2D eigenvalue weighted by atomic mass is 79.9. The summed E-state index contributed by atoms with van der Waals surface area (Å²) < 4.78 is 15.2. The maximum absolute atomic E-state index is 13.0. The van der Waals surface area contributed by atoms with Gasteiger partial charge in [-0.25, -0.2) is 9.07 Å². The van der Waals surface area contributed by atoms with Crippen LogP contribution in [0.3, 0.4) is 0 Å². The van der Waals surface area contributed by atoms with Crippen molar-refractivity contribution in [1.82, 2.24) is 20.4 Å². The second kappa shape index (κ2) is 7.43. The number of nitrogens with one attached hydrogen (secondary N) is 2. The molecule has 0 spiro atoms. The summed E-state index contributed by atoms with van der Waals surface area (Å²) in [6.45, 7) is 0. The molecule has 0 saturated carbocycles. The lowest BCUT2D eigenvalue weighted by Crippen LogP contribution is -2.48. The Morgan fingerprint density at radius 2 is 1.88 bits per heavy atom. The number of hydrogen-bond acceptors (Lipinski definition) is 3. The lowest BCUT2D eigenvalue weighted by atomic mass is 10.00. The Morgan fingerprint density at radius 3 is 2.52 bits per heavy atom. The van der Waals surface area contributed by atoms with E-state index >= 15 is 0 Å². The fraction of sp³-hybridized carbons (Fsp3) is 0.412. The van der Waals surface area contributed by atoms with Crippen molar-refractivity contribution in [2.75, 3.05) is 0 Å². The van der Waals surface area contributed by atoms with Crippen molar-refractivity contribution in [2.24, 2.45) is 0 Å². The number of piperidine rings is 1. The third-order valence-electron chi connectivity index (χ3n) is 4.78. The van der Waals surface area contributed by atoms with E-state index < -0.39 is 0 Å². The first kappa shape index (κ1) is 18.4. The predicted molar refractivity (Wildman–Crippen MR) is 98.9 cm³/mol. The summed E-state index contributed by atoms with van der Waals surface area (Å²) in [7, 11) is 0. The smallest absolute Gasteiger partial charge is 0.273 e. The molecule has 1 aromatic carbocycles.